The van der Waals surface area contributed by atoms with Gasteiger partial charge in [-0.1, -0.05) is 12.1 Å². The summed E-state index contributed by atoms with van der Waals surface area (Å²) >= 11 is 4.13. The Hall–Kier alpha value is -2.70. The van der Waals surface area contributed by atoms with E-state index in [0.29, 0.717) is 6.04 Å². The van der Waals surface area contributed by atoms with E-state index in [1.807, 2.05) is 36.7 Å². The van der Waals surface area contributed by atoms with Gasteiger partial charge >= 0.3 is 0 Å². The summed E-state index contributed by atoms with van der Waals surface area (Å²) in [6.45, 7) is 4.50. The lowest BCUT2D eigenvalue weighted by Crippen LogP contribution is -2.17. The monoisotopic (exact) mass is 420 g/mol. The van der Waals surface area contributed by atoms with Crippen molar-refractivity contribution >= 4 is 23.5 Å². The number of rotatable bonds is 4. The Kier molecular flexibility index (Phi) is 6.45. The smallest absolute Gasteiger partial charge is 0.119 e. The van der Waals surface area contributed by atoms with Crippen LogP contribution in [0.5, 0.6) is 5.75 Å². The van der Waals surface area contributed by atoms with Crippen molar-refractivity contribution in [2.45, 2.75) is 30.8 Å². The van der Waals surface area contributed by atoms with Crippen LogP contribution >= 0.6 is 12.6 Å². The largest absolute Gasteiger partial charge is 0.497 e. The van der Waals surface area contributed by atoms with Crippen molar-refractivity contribution in [3.05, 3.63) is 67.1 Å². The molecule has 0 saturated carbocycles. The molecule has 4 aromatic rings. The maximum absolute atomic E-state index is 4.95. The zero-order valence-corrected chi connectivity index (χ0v) is 18.3. The number of ether oxygens (including phenoxy) is 1. The molecule has 6 heteroatoms. The van der Waals surface area contributed by atoms with Crippen molar-refractivity contribution in [1.82, 2.24) is 20.1 Å². The quantitative estimate of drug-likeness (QED) is 0.407. The van der Waals surface area contributed by atoms with Gasteiger partial charge in [0.05, 0.1) is 13.3 Å². The van der Waals surface area contributed by atoms with Crippen LogP contribution in [0, 0.1) is 5.92 Å². The Balaban J connectivity index is 0.000000204. The fourth-order valence-corrected chi connectivity index (χ4v) is 4.22. The van der Waals surface area contributed by atoms with Gasteiger partial charge in [-0.25, -0.2) is 0 Å². The number of thiol groups is 1. The molecule has 5 rings (SSSR count). The fourth-order valence-electron chi connectivity index (χ4n) is 4.01. The van der Waals surface area contributed by atoms with Crippen LogP contribution in [0.1, 0.15) is 13.3 Å². The molecule has 3 heterocycles. The van der Waals surface area contributed by atoms with Crippen molar-refractivity contribution in [2.75, 3.05) is 13.7 Å². The van der Waals surface area contributed by atoms with Gasteiger partial charge in [0.2, 0.25) is 0 Å². The lowest BCUT2D eigenvalue weighted by Gasteiger charge is -2.11. The number of nitrogens with zero attached hydrogens (tertiary/aromatic N) is 2. The van der Waals surface area contributed by atoms with Crippen LogP contribution in [0.15, 0.2) is 72.0 Å². The van der Waals surface area contributed by atoms with Gasteiger partial charge in [-0.2, -0.15) is 5.10 Å². The standard InChI is InChI=1S/C17H20N4.C7H8OS/c1-12-6-13(8-18-12)11-21-5-4-15-7-14(2-3-17(15)21)16-9-19-20-10-16;1-8-6-3-2-4-7(9)5-6/h2-5,7,9-10,12-13,18H,6,8,11H2,1H3,(H,19,20);2-5,9H,1H3. The number of H-pyrrole nitrogens is 1. The van der Waals surface area contributed by atoms with Crippen LogP contribution in [0.25, 0.3) is 22.0 Å². The number of nitrogens with one attached hydrogen (secondary N) is 2. The third-order valence-corrected chi connectivity index (χ3v) is 5.83. The van der Waals surface area contributed by atoms with Gasteiger partial charge < -0.3 is 14.6 Å². The molecule has 0 spiro atoms. The van der Waals surface area contributed by atoms with Crippen LogP contribution < -0.4 is 10.1 Å². The average Bonchev–Trinajstić information content (AvgIpc) is 3.50. The van der Waals surface area contributed by atoms with E-state index in [2.05, 4.69) is 70.1 Å². The third-order valence-electron chi connectivity index (χ3n) is 5.55. The molecule has 0 bridgehead atoms. The first-order valence-corrected chi connectivity index (χ1v) is 10.7. The van der Waals surface area contributed by atoms with Crippen molar-refractivity contribution in [3.8, 4) is 16.9 Å². The molecular formula is C24H28N4OS. The van der Waals surface area contributed by atoms with Crippen molar-refractivity contribution in [3.63, 3.8) is 0 Å². The summed E-state index contributed by atoms with van der Waals surface area (Å²) in [5, 5.41) is 11.7. The third kappa shape index (κ3) is 4.89. The van der Waals surface area contributed by atoms with Crippen molar-refractivity contribution in [2.24, 2.45) is 5.92 Å². The Labute approximate surface area is 182 Å². The Morgan fingerprint density at radius 3 is 2.73 bits per heavy atom. The molecule has 1 saturated heterocycles. The first kappa shape index (κ1) is 20.6. The highest BCUT2D eigenvalue weighted by Gasteiger charge is 2.21. The molecule has 1 aliphatic heterocycles. The summed E-state index contributed by atoms with van der Waals surface area (Å²) in [5.74, 6) is 1.59. The first-order valence-electron chi connectivity index (χ1n) is 10.3. The van der Waals surface area contributed by atoms with Crippen molar-refractivity contribution in [1.29, 1.82) is 0 Å². The molecule has 0 amide bonds. The number of aromatic nitrogens is 3. The molecule has 2 aromatic carbocycles. The molecular weight excluding hydrogens is 392 g/mol. The number of benzene rings is 2. The van der Waals surface area contributed by atoms with Crippen LogP contribution in [0.3, 0.4) is 0 Å². The summed E-state index contributed by atoms with van der Waals surface area (Å²) in [6, 6.07) is 17.1. The molecule has 30 heavy (non-hydrogen) atoms. The highest BCUT2D eigenvalue weighted by molar-refractivity contribution is 7.80. The van der Waals surface area contributed by atoms with Gasteiger partial charge in [-0.05, 0) is 67.8 Å². The highest BCUT2D eigenvalue weighted by Crippen LogP contribution is 2.26. The van der Waals surface area contributed by atoms with Gasteiger partial charge in [0, 0.05) is 46.3 Å². The minimum absolute atomic E-state index is 0.657. The molecule has 0 radical (unpaired) electrons. The summed E-state index contributed by atoms with van der Waals surface area (Å²) < 4.78 is 7.33. The first-order chi connectivity index (χ1) is 14.6. The van der Waals surface area contributed by atoms with E-state index in [-0.39, 0.29) is 0 Å². The van der Waals surface area contributed by atoms with Crippen LogP contribution in [0.4, 0.5) is 0 Å². The number of fused-ring (bicyclic) bond motifs is 1. The number of hydrogen-bond donors (Lipinski definition) is 3. The van der Waals surface area contributed by atoms with Crippen LogP contribution in [0.2, 0.25) is 0 Å². The van der Waals surface area contributed by atoms with Crippen LogP contribution in [-0.4, -0.2) is 34.5 Å². The maximum Gasteiger partial charge on any atom is 0.119 e. The highest BCUT2D eigenvalue weighted by atomic mass is 32.1. The summed E-state index contributed by atoms with van der Waals surface area (Å²) in [5.41, 5.74) is 3.67. The normalized spacial score (nSPS) is 18.2. The Bertz CT molecular complexity index is 1090. The molecule has 2 unspecified atom stereocenters. The maximum atomic E-state index is 4.95. The number of aromatic amines is 1. The summed E-state index contributed by atoms with van der Waals surface area (Å²) in [4.78, 5) is 0.925. The zero-order chi connectivity index (χ0) is 20.9. The Morgan fingerprint density at radius 2 is 2.07 bits per heavy atom. The molecule has 0 aliphatic carbocycles. The lowest BCUT2D eigenvalue weighted by atomic mass is 10.1. The second-order valence-corrected chi connectivity index (χ2v) is 8.36. The van der Waals surface area contributed by atoms with E-state index in [4.69, 9.17) is 4.74 Å². The van der Waals surface area contributed by atoms with Gasteiger partial charge in [0.25, 0.3) is 0 Å². The van der Waals surface area contributed by atoms with Gasteiger partial charge in [-0.3, -0.25) is 5.10 Å². The second-order valence-electron chi connectivity index (χ2n) is 7.84. The fraction of sp³-hybridized carbons (Fsp3) is 0.292. The van der Waals surface area contributed by atoms with Crippen LogP contribution in [-0.2, 0) is 6.54 Å². The van der Waals surface area contributed by atoms with E-state index < -0.39 is 0 Å². The number of hydrogen-bond acceptors (Lipinski definition) is 4. The predicted molar refractivity (Wildman–Crippen MR) is 125 cm³/mol. The molecule has 156 valence electrons. The molecule has 1 fully saturated rings. The SMILES string of the molecule is CC1CC(Cn2ccc3cc(-c4cn[nH]c4)ccc32)CN1.COc1cccc(S)c1. The molecule has 5 nitrogen and oxygen atoms in total. The molecule has 1 aliphatic rings. The topological polar surface area (TPSA) is 54.9 Å². The zero-order valence-electron chi connectivity index (χ0n) is 17.4. The van der Waals surface area contributed by atoms with Gasteiger partial charge in [0.1, 0.15) is 5.75 Å². The Morgan fingerprint density at radius 1 is 1.17 bits per heavy atom. The minimum Gasteiger partial charge on any atom is -0.497 e. The second kappa shape index (κ2) is 9.41. The van der Waals surface area contributed by atoms with Gasteiger partial charge in [0.15, 0.2) is 0 Å². The van der Waals surface area contributed by atoms with E-state index in [1.54, 1.807) is 7.11 Å². The molecule has 2 N–H and O–H groups in total. The summed E-state index contributed by atoms with van der Waals surface area (Å²) in [6.07, 6.45) is 7.28. The molecule has 2 aromatic heterocycles. The average molecular weight is 421 g/mol. The predicted octanol–water partition coefficient (Wildman–Crippen LogP) is 5.01. The van der Waals surface area contributed by atoms with E-state index in [0.717, 1.165) is 35.2 Å². The van der Waals surface area contributed by atoms with Gasteiger partial charge in [-0.15, -0.1) is 12.6 Å². The molecule has 2 atom stereocenters. The minimum atomic E-state index is 0.657. The summed E-state index contributed by atoms with van der Waals surface area (Å²) in [7, 11) is 1.64. The van der Waals surface area contributed by atoms with E-state index in [1.165, 1.54) is 22.9 Å². The lowest BCUT2D eigenvalue weighted by molar-refractivity contribution is 0.413. The number of methoxy groups -OCH3 is 1. The van der Waals surface area contributed by atoms with E-state index >= 15 is 0 Å². The van der Waals surface area contributed by atoms with E-state index in [9.17, 15) is 0 Å². The van der Waals surface area contributed by atoms with Crippen molar-refractivity contribution < 1.29 is 4.74 Å².